The maximum atomic E-state index is 12.1. The molecule has 0 radical (unpaired) electrons. The van der Waals surface area contributed by atoms with Gasteiger partial charge in [-0.25, -0.2) is 0 Å². The van der Waals surface area contributed by atoms with Crippen LogP contribution >= 0.6 is 11.8 Å². The summed E-state index contributed by atoms with van der Waals surface area (Å²) in [5.41, 5.74) is 2.62. The van der Waals surface area contributed by atoms with Gasteiger partial charge in [0.05, 0.1) is 5.41 Å². The van der Waals surface area contributed by atoms with E-state index in [9.17, 15) is 4.79 Å². The van der Waals surface area contributed by atoms with Gasteiger partial charge in [-0.15, -0.1) is 11.8 Å². The van der Waals surface area contributed by atoms with E-state index in [1.807, 2.05) is 39.8 Å². The maximum absolute atomic E-state index is 12.1. The monoisotopic (exact) mass is 314 g/mol. The zero-order valence-electron chi connectivity index (χ0n) is 13.8. The van der Waals surface area contributed by atoms with Gasteiger partial charge in [0.1, 0.15) is 5.75 Å². The molecule has 0 aromatic heterocycles. The lowest BCUT2D eigenvalue weighted by molar-refractivity contribution is -0.143. The van der Waals surface area contributed by atoms with Crippen LogP contribution in [-0.2, 0) is 4.79 Å². The number of ether oxygens (including phenoxy) is 1. The lowest BCUT2D eigenvalue weighted by Crippen LogP contribution is -2.25. The van der Waals surface area contributed by atoms with E-state index in [2.05, 4.69) is 36.6 Å². The number of rotatable bonds is 3. The van der Waals surface area contributed by atoms with Crippen molar-refractivity contribution >= 4 is 17.7 Å². The molecule has 2 aromatic carbocycles. The predicted molar refractivity (Wildman–Crippen MR) is 93.5 cm³/mol. The van der Waals surface area contributed by atoms with Crippen LogP contribution in [0.4, 0.5) is 0 Å². The number of hydrogen-bond donors (Lipinski definition) is 0. The number of carbonyl (C=O) groups excluding carboxylic acids is 1. The van der Waals surface area contributed by atoms with Crippen molar-refractivity contribution < 1.29 is 9.53 Å². The number of hydrogen-bond acceptors (Lipinski definition) is 3. The summed E-state index contributed by atoms with van der Waals surface area (Å²) in [6.07, 6.45) is 2.06. The molecule has 0 aliphatic heterocycles. The highest BCUT2D eigenvalue weighted by Gasteiger charge is 2.24. The van der Waals surface area contributed by atoms with Crippen LogP contribution in [0.3, 0.4) is 0 Å². The van der Waals surface area contributed by atoms with E-state index >= 15 is 0 Å². The van der Waals surface area contributed by atoms with Crippen LogP contribution < -0.4 is 4.74 Å². The maximum Gasteiger partial charge on any atom is 0.316 e. The number of benzene rings is 2. The van der Waals surface area contributed by atoms with E-state index < -0.39 is 5.41 Å². The molecular weight excluding hydrogens is 292 g/mol. The van der Waals surface area contributed by atoms with E-state index in [0.717, 1.165) is 16.7 Å². The van der Waals surface area contributed by atoms with Crippen molar-refractivity contribution in [1.82, 2.24) is 0 Å². The largest absolute Gasteiger partial charge is 0.426 e. The summed E-state index contributed by atoms with van der Waals surface area (Å²) in [6.45, 7) is 7.52. The fraction of sp³-hybridized carbons (Fsp3) is 0.316. The van der Waals surface area contributed by atoms with Crippen molar-refractivity contribution in [1.29, 1.82) is 0 Å². The van der Waals surface area contributed by atoms with Crippen molar-refractivity contribution in [3.05, 3.63) is 48.0 Å². The molecule has 0 amide bonds. The first-order chi connectivity index (χ1) is 10.3. The lowest BCUT2D eigenvalue weighted by atomic mass is 9.97. The van der Waals surface area contributed by atoms with Crippen LogP contribution in [0.1, 0.15) is 26.3 Å². The van der Waals surface area contributed by atoms with Crippen LogP contribution in [0.15, 0.2) is 47.4 Å². The Kier molecular flexibility index (Phi) is 4.97. The molecule has 0 saturated carbocycles. The molecule has 0 unspecified atom stereocenters. The van der Waals surface area contributed by atoms with Crippen LogP contribution in [0, 0.1) is 12.3 Å². The van der Waals surface area contributed by atoms with Crippen molar-refractivity contribution in [3.63, 3.8) is 0 Å². The topological polar surface area (TPSA) is 26.3 Å². The van der Waals surface area contributed by atoms with E-state index in [-0.39, 0.29) is 5.97 Å². The average Bonchev–Trinajstić information content (AvgIpc) is 2.48. The Morgan fingerprint density at radius 2 is 1.59 bits per heavy atom. The van der Waals surface area contributed by atoms with Crippen molar-refractivity contribution in [3.8, 4) is 16.9 Å². The quantitative estimate of drug-likeness (QED) is 0.435. The Morgan fingerprint density at radius 1 is 1.00 bits per heavy atom. The van der Waals surface area contributed by atoms with Gasteiger partial charge < -0.3 is 4.74 Å². The lowest BCUT2D eigenvalue weighted by Gasteiger charge is -2.18. The number of esters is 1. The van der Waals surface area contributed by atoms with Crippen LogP contribution in [0.25, 0.3) is 11.1 Å². The van der Waals surface area contributed by atoms with Crippen LogP contribution in [0.5, 0.6) is 5.75 Å². The van der Waals surface area contributed by atoms with Gasteiger partial charge in [0.25, 0.3) is 0 Å². The van der Waals surface area contributed by atoms with Gasteiger partial charge in [-0.1, -0.05) is 24.3 Å². The normalized spacial score (nSPS) is 11.3. The molecule has 0 bridgehead atoms. The van der Waals surface area contributed by atoms with Gasteiger partial charge in [-0.2, -0.15) is 0 Å². The highest BCUT2D eigenvalue weighted by molar-refractivity contribution is 7.98. The number of thioether (sulfide) groups is 1. The molecule has 2 rings (SSSR count). The van der Waals surface area contributed by atoms with E-state index in [1.54, 1.807) is 11.8 Å². The summed E-state index contributed by atoms with van der Waals surface area (Å²) >= 11 is 1.72. The average molecular weight is 314 g/mol. The molecule has 0 aliphatic rings. The van der Waals surface area contributed by atoms with Gasteiger partial charge in [0, 0.05) is 4.90 Å². The van der Waals surface area contributed by atoms with Crippen LogP contribution in [-0.4, -0.2) is 12.2 Å². The molecule has 22 heavy (non-hydrogen) atoms. The first-order valence-electron chi connectivity index (χ1n) is 7.28. The molecule has 3 heteroatoms. The summed E-state index contributed by atoms with van der Waals surface area (Å²) in [6, 6.07) is 14.4. The first-order valence-corrected chi connectivity index (χ1v) is 8.51. The minimum Gasteiger partial charge on any atom is -0.426 e. The second kappa shape index (κ2) is 6.57. The standard InChI is InChI=1S/C19H22O2S/c1-13-6-7-15(14-8-10-16(22-5)11-9-14)12-17(13)21-18(20)19(2,3)4/h6-12H,1-5H3. The van der Waals surface area contributed by atoms with Gasteiger partial charge in [-0.3, -0.25) is 4.79 Å². The molecule has 2 aromatic rings. The van der Waals surface area contributed by atoms with Crippen molar-refractivity contribution in [2.24, 2.45) is 5.41 Å². The summed E-state index contributed by atoms with van der Waals surface area (Å²) in [7, 11) is 0. The Hall–Kier alpha value is -1.74. The van der Waals surface area contributed by atoms with Gasteiger partial charge in [-0.05, 0) is 68.8 Å². The molecule has 2 nitrogen and oxygen atoms in total. The molecular formula is C19H22O2S. The predicted octanol–water partition coefficient (Wildman–Crippen LogP) is 5.34. The molecule has 0 atom stereocenters. The summed E-state index contributed by atoms with van der Waals surface area (Å²) in [4.78, 5) is 13.3. The highest BCUT2D eigenvalue weighted by atomic mass is 32.2. The first kappa shape index (κ1) is 16.6. The van der Waals surface area contributed by atoms with E-state index in [1.165, 1.54) is 4.90 Å². The minimum atomic E-state index is -0.511. The molecule has 0 aliphatic carbocycles. The third-order valence-electron chi connectivity index (χ3n) is 3.43. The number of carbonyl (C=O) groups is 1. The number of aryl methyl sites for hydroxylation is 1. The summed E-state index contributed by atoms with van der Waals surface area (Å²) in [5, 5.41) is 0. The van der Waals surface area contributed by atoms with Gasteiger partial charge in [0.2, 0.25) is 0 Å². The molecule has 0 N–H and O–H groups in total. The second-order valence-electron chi connectivity index (χ2n) is 6.35. The van der Waals surface area contributed by atoms with Crippen molar-refractivity contribution in [2.45, 2.75) is 32.6 Å². The fourth-order valence-corrected chi connectivity index (χ4v) is 2.33. The molecule has 0 spiro atoms. The Morgan fingerprint density at radius 3 is 2.14 bits per heavy atom. The molecule has 116 valence electrons. The zero-order valence-corrected chi connectivity index (χ0v) is 14.6. The van der Waals surface area contributed by atoms with Gasteiger partial charge in [0.15, 0.2) is 0 Å². The molecule has 0 fully saturated rings. The van der Waals surface area contributed by atoms with E-state index in [0.29, 0.717) is 5.75 Å². The third kappa shape index (κ3) is 3.92. The summed E-state index contributed by atoms with van der Waals surface area (Å²) < 4.78 is 5.57. The zero-order chi connectivity index (χ0) is 16.3. The highest BCUT2D eigenvalue weighted by Crippen LogP contribution is 2.29. The Balaban J connectivity index is 2.31. The summed E-state index contributed by atoms with van der Waals surface area (Å²) in [5.74, 6) is 0.414. The molecule has 0 heterocycles. The Bertz CT molecular complexity index is 667. The smallest absolute Gasteiger partial charge is 0.316 e. The van der Waals surface area contributed by atoms with Gasteiger partial charge >= 0.3 is 5.97 Å². The Labute approximate surface area is 136 Å². The molecule has 0 saturated heterocycles. The van der Waals surface area contributed by atoms with Crippen LogP contribution in [0.2, 0.25) is 0 Å². The second-order valence-corrected chi connectivity index (χ2v) is 7.23. The third-order valence-corrected chi connectivity index (χ3v) is 4.17. The van der Waals surface area contributed by atoms with E-state index in [4.69, 9.17) is 4.74 Å². The van der Waals surface area contributed by atoms with Crippen molar-refractivity contribution in [2.75, 3.05) is 6.26 Å². The fourth-order valence-electron chi connectivity index (χ4n) is 1.93. The SMILES string of the molecule is CSc1ccc(-c2ccc(C)c(OC(=O)C(C)(C)C)c2)cc1. The minimum absolute atomic E-state index is 0.217.